The number of hydrogen-bond acceptors (Lipinski definition) is 6. The fourth-order valence-electron chi connectivity index (χ4n) is 2.16. The van der Waals surface area contributed by atoms with Gasteiger partial charge >= 0.3 is 5.91 Å². The number of methoxy groups -OCH3 is 1. The minimum atomic E-state index is -0.802. The fraction of sp³-hybridized carbons (Fsp3) is 0.278. The van der Waals surface area contributed by atoms with Gasteiger partial charge in [0.15, 0.2) is 5.76 Å². The number of furan rings is 1. The van der Waals surface area contributed by atoms with Crippen LogP contribution in [0.4, 0.5) is 0 Å². The van der Waals surface area contributed by atoms with Crippen LogP contribution >= 0.6 is 11.8 Å². The topological polar surface area (TPSA) is 110 Å². The highest BCUT2D eigenvalue weighted by Gasteiger charge is 2.22. The number of rotatable bonds is 8. The van der Waals surface area contributed by atoms with Crippen LogP contribution in [0.5, 0.6) is 5.75 Å². The van der Waals surface area contributed by atoms with Crippen molar-refractivity contribution in [1.29, 1.82) is 0 Å². The first-order valence-electron chi connectivity index (χ1n) is 8.12. The molecular formula is C18H21N3O5S. The zero-order valence-corrected chi connectivity index (χ0v) is 15.8. The zero-order valence-electron chi connectivity index (χ0n) is 15.0. The Bertz CT molecular complexity index is 762. The number of nitrogens with one attached hydrogen (secondary N) is 3. The predicted octanol–water partition coefficient (Wildman–Crippen LogP) is 1.60. The van der Waals surface area contributed by atoms with Crippen molar-refractivity contribution in [2.45, 2.75) is 12.5 Å². The molecule has 0 aliphatic carbocycles. The molecule has 3 amide bonds. The molecule has 0 saturated heterocycles. The Morgan fingerprint density at radius 3 is 2.44 bits per heavy atom. The largest absolute Gasteiger partial charge is 0.497 e. The van der Waals surface area contributed by atoms with Gasteiger partial charge in [0.05, 0.1) is 13.4 Å². The van der Waals surface area contributed by atoms with E-state index in [-0.39, 0.29) is 5.76 Å². The molecule has 2 aromatic rings. The van der Waals surface area contributed by atoms with Gasteiger partial charge in [-0.1, -0.05) is 0 Å². The fourth-order valence-corrected chi connectivity index (χ4v) is 2.63. The maximum absolute atomic E-state index is 12.4. The molecule has 9 heteroatoms. The third-order valence-electron chi connectivity index (χ3n) is 3.63. The highest BCUT2D eigenvalue weighted by molar-refractivity contribution is 7.98. The average Bonchev–Trinajstić information content (AvgIpc) is 3.23. The van der Waals surface area contributed by atoms with Crippen molar-refractivity contribution in [3.8, 4) is 5.75 Å². The lowest BCUT2D eigenvalue weighted by Crippen LogP contribution is -2.52. The molecule has 0 saturated carbocycles. The maximum atomic E-state index is 12.4. The van der Waals surface area contributed by atoms with E-state index in [9.17, 15) is 14.4 Å². The zero-order chi connectivity index (χ0) is 19.6. The summed E-state index contributed by atoms with van der Waals surface area (Å²) in [6, 6.07) is 8.77. The van der Waals surface area contributed by atoms with Gasteiger partial charge in [-0.3, -0.25) is 25.2 Å². The molecule has 1 aromatic carbocycles. The van der Waals surface area contributed by atoms with E-state index in [1.54, 1.807) is 42.1 Å². The number of hydrogen-bond donors (Lipinski definition) is 3. The molecule has 27 heavy (non-hydrogen) atoms. The van der Waals surface area contributed by atoms with Crippen LogP contribution < -0.4 is 20.9 Å². The maximum Gasteiger partial charge on any atom is 0.305 e. The van der Waals surface area contributed by atoms with Gasteiger partial charge in [0.25, 0.3) is 11.8 Å². The molecule has 1 heterocycles. The van der Waals surface area contributed by atoms with E-state index in [4.69, 9.17) is 9.15 Å². The third-order valence-corrected chi connectivity index (χ3v) is 4.27. The van der Waals surface area contributed by atoms with Crippen molar-refractivity contribution in [3.05, 3.63) is 54.0 Å². The Labute approximate surface area is 161 Å². The van der Waals surface area contributed by atoms with E-state index >= 15 is 0 Å². The van der Waals surface area contributed by atoms with Crippen LogP contribution in [0.1, 0.15) is 27.3 Å². The SMILES string of the molecule is COc1ccc(C(=O)N[C@H](CCSC)C(=O)NNC(=O)c2ccco2)cc1. The minimum Gasteiger partial charge on any atom is -0.497 e. The highest BCUT2D eigenvalue weighted by atomic mass is 32.2. The van der Waals surface area contributed by atoms with Gasteiger partial charge in [-0.2, -0.15) is 11.8 Å². The van der Waals surface area contributed by atoms with Crippen LogP contribution in [-0.2, 0) is 4.79 Å². The number of hydrazine groups is 1. The summed E-state index contributed by atoms with van der Waals surface area (Å²) in [6.45, 7) is 0. The number of ether oxygens (including phenoxy) is 1. The summed E-state index contributed by atoms with van der Waals surface area (Å²) in [5, 5.41) is 2.68. The lowest BCUT2D eigenvalue weighted by Gasteiger charge is -2.18. The third kappa shape index (κ3) is 6.07. The quantitative estimate of drug-likeness (QED) is 0.590. The summed E-state index contributed by atoms with van der Waals surface area (Å²) in [5.41, 5.74) is 4.98. The van der Waals surface area contributed by atoms with E-state index in [0.29, 0.717) is 23.5 Å². The lowest BCUT2D eigenvalue weighted by molar-refractivity contribution is -0.123. The summed E-state index contributed by atoms with van der Waals surface area (Å²) in [5.74, 6) is -0.143. The van der Waals surface area contributed by atoms with Crippen molar-refractivity contribution in [1.82, 2.24) is 16.2 Å². The summed E-state index contributed by atoms with van der Waals surface area (Å²) >= 11 is 1.55. The molecule has 2 rings (SSSR count). The number of thioether (sulfide) groups is 1. The first kappa shape index (κ1) is 20.4. The normalized spacial score (nSPS) is 11.3. The molecule has 0 unspecified atom stereocenters. The molecule has 0 aliphatic rings. The van der Waals surface area contributed by atoms with E-state index in [0.717, 1.165) is 0 Å². The van der Waals surface area contributed by atoms with Crippen LogP contribution in [0.2, 0.25) is 0 Å². The van der Waals surface area contributed by atoms with Crippen molar-refractivity contribution in [2.24, 2.45) is 0 Å². The molecule has 8 nitrogen and oxygen atoms in total. The van der Waals surface area contributed by atoms with Gasteiger partial charge in [0.2, 0.25) is 0 Å². The highest BCUT2D eigenvalue weighted by Crippen LogP contribution is 2.12. The Morgan fingerprint density at radius 1 is 1.11 bits per heavy atom. The van der Waals surface area contributed by atoms with Crippen molar-refractivity contribution < 1.29 is 23.5 Å². The van der Waals surface area contributed by atoms with Crippen LogP contribution in [0, 0.1) is 0 Å². The first-order valence-corrected chi connectivity index (χ1v) is 9.52. The molecule has 0 fully saturated rings. The van der Waals surface area contributed by atoms with Gasteiger partial charge in [-0.15, -0.1) is 0 Å². The van der Waals surface area contributed by atoms with Gasteiger partial charge < -0.3 is 14.5 Å². The van der Waals surface area contributed by atoms with E-state index in [2.05, 4.69) is 16.2 Å². The van der Waals surface area contributed by atoms with Crippen molar-refractivity contribution >= 4 is 29.5 Å². The molecule has 144 valence electrons. The molecular weight excluding hydrogens is 370 g/mol. The number of carbonyl (C=O) groups excluding carboxylic acids is 3. The van der Waals surface area contributed by atoms with E-state index < -0.39 is 23.8 Å². The average molecular weight is 391 g/mol. The predicted molar refractivity (Wildman–Crippen MR) is 102 cm³/mol. The van der Waals surface area contributed by atoms with Crippen molar-refractivity contribution in [3.63, 3.8) is 0 Å². The molecule has 1 atom stereocenters. The Hall–Kier alpha value is -2.94. The molecule has 3 N–H and O–H groups in total. The summed E-state index contributed by atoms with van der Waals surface area (Å²) < 4.78 is 10.0. The number of amides is 3. The van der Waals surface area contributed by atoms with Crippen LogP contribution in [0.3, 0.4) is 0 Å². The van der Waals surface area contributed by atoms with Gasteiger partial charge in [0.1, 0.15) is 11.8 Å². The van der Waals surface area contributed by atoms with Crippen LogP contribution in [0.25, 0.3) is 0 Å². The second-order valence-corrected chi connectivity index (χ2v) is 6.44. The van der Waals surface area contributed by atoms with Crippen molar-refractivity contribution in [2.75, 3.05) is 19.1 Å². The second-order valence-electron chi connectivity index (χ2n) is 5.46. The van der Waals surface area contributed by atoms with Gasteiger partial charge in [0, 0.05) is 5.56 Å². The molecule has 0 spiro atoms. The summed E-state index contributed by atoms with van der Waals surface area (Å²) in [4.78, 5) is 36.6. The lowest BCUT2D eigenvalue weighted by atomic mass is 10.1. The van der Waals surface area contributed by atoms with E-state index in [1.807, 2.05) is 6.26 Å². The first-order chi connectivity index (χ1) is 13.0. The number of benzene rings is 1. The molecule has 0 radical (unpaired) electrons. The number of carbonyl (C=O) groups is 3. The standard InChI is InChI=1S/C18H21N3O5S/c1-25-13-7-5-12(6-8-13)16(22)19-14(9-11-27-2)17(23)20-21-18(24)15-4-3-10-26-15/h3-8,10,14H,9,11H2,1-2H3,(H,19,22)(H,20,23)(H,21,24)/t14-/m1/s1. The van der Waals surface area contributed by atoms with Gasteiger partial charge in [-0.05, 0) is 54.8 Å². The summed E-state index contributed by atoms with van der Waals surface area (Å²) in [6.07, 6.45) is 3.66. The Balaban J connectivity index is 1.96. The Morgan fingerprint density at radius 2 is 1.85 bits per heavy atom. The minimum absolute atomic E-state index is 0.0678. The Kier molecular flexibility index (Phi) is 7.75. The molecule has 1 aromatic heterocycles. The molecule has 0 aliphatic heterocycles. The smallest absolute Gasteiger partial charge is 0.305 e. The monoisotopic (exact) mass is 391 g/mol. The van der Waals surface area contributed by atoms with E-state index in [1.165, 1.54) is 19.4 Å². The van der Waals surface area contributed by atoms with Crippen LogP contribution in [0.15, 0.2) is 47.1 Å². The second kappa shape index (κ2) is 10.3. The van der Waals surface area contributed by atoms with Crippen LogP contribution in [-0.4, -0.2) is 42.9 Å². The summed E-state index contributed by atoms with van der Waals surface area (Å²) in [7, 11) is 1.54. The molecule has 0 bridgehead atoms. The van der Waals surface area contributed by atoms with Gasteiger partial charge in [-0.25, -0.2) is 0 Å².